The maximum atomic E-state index is 13.7. The van der Waals surface area contributed by atoms with E-state index in [0.29, 0.717) is 13.1 Å². The van der Waals surface area contributed by atoms with Crippen molar-refractivity contribution in [3.8, 4) is 0 Å². The smallest absolute Gasteiger partial charge is 0.363 e. The Morgan fingerprint density at radius 1 is 1.11 bits per heavy atom. The van der Waals surface area contributed by atoms with E-state index in [-0.39, 0.29) is 23.7 Å². The average molecular weight is 378 g/mol. The molecule has 1 amide bonds. The zero-order valence-electron chi connectivity index (χ0n) is 14.7. The first-order chi connectivity index (χ1) is 12.9. The summed E-state index contributed by atoms with van der Waals surface area (Å²) in [7, 11) is 0. The highest BCUT2D eigenvalue weighted by atomic mass is 19.4. The molecular formula is C19H21F3N4O. The number of aromatic nitrogens is 2. The van der Waals surface area contributed by atoms with Gasteiger partial charge in [-0.05, 0) is 24.8 Å². The maximum absolute atomic E-state index is 13.7. The van der Waals surface area contributed by atoms with E-state index < -0.39 is 18.3 Å². The minimum Gasteiger partial charge on any atom is -0.363 e. The van der Waals surface area contributed by atoms with Crippen molar-refractivity contribution < 1.29 is 18.0 Å². The molecule has 5 nitrogen and oxygen atoms in total. The Bertz CT molecular complexity index is 812. The van der Waals surface area contributed by atoms with Gasteiger partial charge in [-0.3, -0.25) is 4.79 Å². The largest absolute Gasteiger partial charge is 0.410 e. The van der Waals surface area contributed by atoms with Gasteiger partial charge in [0.05, 0.1) is 12.2 Å². The van der Waals surface area contributed by atoms with E-state index in [1.165, 1.54) is 6.20 Å². The summed E-state index contributed by atoms with van der Waals surface area (Å²) in [6, 6.07) is 6.71. The summed E-state index contributed by atoms with van der Waals surface area (Å²) in [5.41, 5.74) is 0.974. The fourth-order valence-electron chi connectivity index (χ4n) is 3.89. The van der Waals surface area contributed by atoms with Crippen LogP contribution < -0.4 is 5.32 Å². The van der Waals surface area contributed by atoms with Crippen molar-refractivity contribution >= 4 is 11.7 Å². The van der Waals surface area contributed by atoms with E-state index in [0.717, 1.165) is 29.5 Å². The van der Waals surface area contributed by atoms with Crippen molar-refractivity contribution in [2.24, 2.45) is 0 Å². The molecule has 4 rings (SSSR count). The van der Waals surface area contributed by atoms with Crippen LogP contribution in [0.15, 0.2) is 36.5 Å². The Morgan fingerprint density at radius 3 is 2.48 bits per heavy atom. The third-order valence-electron chi connectivity index (χ3n) is 5.31. The van der Waals surface area contributed by atoms with Gasteiger partial charge in [0.1, 0.15) is 11.4 Å². The van der Waals surface area contributed by atoms with Gasteiger partial charge in [-0.15, -0.1) is 0 Å². The van der Waals surface area contributed by atoms with Crippen molar-refractivity contribution in [3.63, 3.8) is 0 Å². The normalized spacial score (nSPS) is 22.9. The highest BCUT2D eigenvalue weighted by Gasteiger charge is 2.47. The molecule has 1 fully saturated rings. The average Bonchev–Trinajstić information content (AvgIpc) is 3.11. The monoisotopic (exact) mass is 378 g/mol. The van der Waals surface area contributed by atoms with Gasteiger partial charge in [0.25, 0.3) is 5.91 Å². The van der Waals surface area contributed by atoms with Gasteiger partial charge in [0, 0.05) is 19.5 Å². The van der Waals surface area contributed by atoms with E-state index in [1.807, 2.05) is 6.07 Å². The fraction of sp³-hybridized carbons (Fsp3) is 0.474. The molecule has 2 atom stereocenters. The first-order valence-corrected chi connectivity index (χ1v) is 9.20. The number of halogens is 3. The Kier molecular flexibility index (Phi) is 4.57. The quantitative estimate of drug-likeness (QED) is 0.853. The molecule has 3 heterocycles. The zero-order chi connectivity index (χ0) is 19.0. The van der Waals surface area contributed by atoms with E-state index in [2.05, 4.69) is 10.4 Å². The number of carbonyl (C=O) groups excluding carboxylic acids is 1. The molecule has 0 spiro atoms. The number of rotatable bonds is 2. The zero-order valence-corrected chi connectivity index (χ0v) is 14.7. The maximum Gasteiger partial charge on any atom is 0.410 e. The topological polar surface area (TPSA) is 50.2 Å². The predicted octanol–water partition coefficient (Wildman–Crippen LogP) is 4.17. The number of amides is 1. The second-order valence-corrected chi connectivity index (χ2v) is 7.11. The molecule has 1 aromatic carbocycles. The molecule has 1 N–H and O–H groups in total. The van der Waals surface area contributed by atoms with Crippen LogP contribution in [-0.2, 0) is 0 Å². The number of nitrogens with one attached hydrogen (secondary N) is 1. The molecule has 0 radical (unpaired) electrons. The second-order valence-electron chi connectivity index (χ2n) is 7.11. The number of alkyl halides is 3. The number of benzene rings is 1. The Balaban J connectivity index is 1.71. The molecule has 27 heavy (non-hydrogen) atoms. The molecule has 2 aliphatic heterocycles. The number of fused-ring (bicyclic) bond motifs is 1. The van der Waals surface area contributed by atoms with Crippen LogP contribution in [0.4, 0.5) is 19.0 Å². The van der Waals surface area contributed by atoms with Crippen LogP contribution in [0.1, 0.15) is 53.7 Å². The first-order valence-electron chi connectivity index (χ1n) is 9.20. The molecule has 8 heteroatoms. The summed E-state index contributed by atoms with van der Waals surface area (Å²) >= 11 is 0. The van der Waals surface area contributed by atoms with Gasteiger partial charge in [0.2, 0.25) is 0 Å². The lowest BCUT2D eigenvalue weighted by Crippen LogP contribution is -2.38. The Labute approximate surface area is 155 Å². The van der Waals surface area contributed by atoms with Crippen molar-refractivity contribution in [1.82, 2.24) is 14.7 Å². The number of nitrogens with zero attached hydrogens (tertiary/aromatic N) is 3. The lowest BCUT2D eigenvalue weighted by molar-refractivity contribution is -0.173. The summed E-state index contributed by atoms with van der Waals surface area (Å²) < 4.78 is 42.0. The van der Waals surface area contributed by atoms with Crippen molar-refractivity contribution in [1.29, 1.82) is 0 Å². The van der Waals surface area contributed by atoms with Gasteiger partial charge in [-0.2, -0.15) is 18.3 Å². The van der Waals surface area contributed by atoms with Crippen LogP contribution >= 0.6 is 0 Å². The highest BCUT2D eigenvalue weighted by molar-refractivity contribution is 5.99. The van der Waals surface area contributed by atoms with Crippen LogP contribution in [0.25, 0.3) is 0 Å². The second kappa shape index (κ2) is 6.90. The molecule has 1 saturated heterocycles. The lowest BCUT2D eigenvalue weighted by Gasteiger charge is -2.34. The van der Waals surface area contributed by atoms with Gasteiger partial charge in [0.15, 0.2) is 6.04 Å². The summed E-state index contributed by atoms with van der Waals surface area (Å²) in [5, 5.41) is 7.07. The number of likely N-dealkylation sites (tertiary alicyclic amines) is 1. The number of hydrogen-bond acceptors (Lipinski definition) is 3. The van der Waals surface area contributed by atoms with Gasteiger partial charge in [-0.25, -0.2) is 4.68 Å². The molecule has 0 aliphatic carbocycles. The Morgan fingerprint density at radius 2 is 1.81 bits per heavy atom. The van der Waals surface area contributed by atoms with E-state index in [1.54, 1.807) is 29.2 Å². The summed E-state index contributed by atoms with van der Waals surface area (Å²) in [4.78, 5) is 14.6. The summed E-state index contributed by atoms with van der Waals surface area (Å²) in [5.74, 6) is -0.0916. The number of carbonyl (C=O) groups is 1. The van der Waals surface area contributed by atoms with E-state index in [9.17, 15) is 18.0 Å². The van der Waals surface area contributed by atoms with Crippen LogP contribution in [0.3, 0.4) is 0 Å². The third-order valence-corrected chi connectivity index (χ3v) is 5.31. The third kappa shape index (κ3) is 3.40. The molecule has 0 saturated carbocycles. The molecule has 0 unspecified atom stereocenters. The van der Waals surface area contributed by atoms with Crippen LogP contribution in [0, 0.1) is 0 Å². The van der Waals surface area contributed by atoms with Crippen LogP contribution in [-0.4, -0.2) is 39.9 Å². The minimum absolute atomic E-state index is 0.160. The summed E-state index contributed by atoms with van der Waals surface area (Å²) in [6.45, 7) is 1.27. The number of hydrogen-bond donors (Lipinski definition) is 1. The van der Waals surface area contributed by atoms with Crippen molar-refractivity contribution in [3.05, 3.63) is 47.7 Å². The molecular weight excluding hydrogens is 357 g/mol. The van der Waals surface area contributed by atoms with Crippen LogP contribution in [0.2, 0.25) is 0 Å². The highest BCUT2D eigenvalue weighted by Crippen LogP contribution is 2.44. The SMILES string of the molecule is O=C(c1cnn2c1N[C@H](c1ccccc1)C[C@H]2C(F)(F)F)N1CCCCC1. The molecule has 2 aliphatic rings. The van der Waals surface area contributed by atoms with Gasteiger partial charge in [-0.1, -0.05) is 30.3 Å². The van der Waals surface area contributed by atoms with E-state index in [4.69, 9.17) is 0 Å². The predicted molar refractivity (Wildman–Crippen MR) is 94.5 cm³/mol. The molecule has 144 valence electrons. The first kappa shape index (κ1) is 17.9. The molecule has 2 aromatic rings. The fourth-order valence-corrected chi connectivity index (χ4v) is 3.89. The Hall–Kier alpha value is -2.51. The lowest BCUT2D eigenvalue weighted by atomic mass is 9.96. The summed E-state index contributed by atoms with van der Waals surface area (Å²) in [6.07, 6.45) is -0.437. The number of anilines is 1. The van der Waals surface area contributed by atoms with Crippen LogP contribution in [0.5, 0.6) is 0 Å². The van der Waals surface area contributed by atoms with Gasteiger partial charge >= 0.3 is 6.18 Å². The van der Waals surface area contributed by atoms with Crippen molar-refractivity contribution in [2.45, 2.75) is 43.9 Å². The number of piperidine rings is 1. The van der Waals surface area contributed by atoms with Crippen molar-refractivity contribution in [2.75, 3.05) is 18.4 Å². The molecule has 1 aromatic heterocycles. The van der Waals surface area contributed by atoms with E-state index >= 15 is 0 Å². The minimum atomic E-state index is -4.44. The van der Waals surface area contributed by atoms with Gasteiger partial charge < -0.3 is 10.2 Å². The molecule has 0 bridgehead atoms. The standard InChI is InChI=1S/C19H21F3N4O/c20-19(21,22)16-11-15(13-7-3-1-4-8-13)24-17-14(12-23-26(16)17)18(27)25-9-5-2-6-10-25/h1,3-4,7-8,12,15-16,24H,2,5-6,9-11H2/t15-,16-/m0/s1.